The lowest BCUT2D eigenvalue weighted by atomic mass is 10.1. The summed E-state index contributed by atoms with van der Waals surface area (Å²) in [5.41, 5.74) is 2.24. The topological polar surface area (TPSA) is 38.1 Å². The van der Waals surface area contributed by atoms with Gasteiger partial charge in [0, 0.05) is 24.9 Å². The third kappa shape index (κ3) is 2.47. The normalized spacial score (nSPS) is 14.5. The molecule has 100 valence electrons. The summed E-state index contributed by atoms with van der Waals surface area (Å²) in [7, 11) is 1.98. The summed E-state index contributed by atoms with van der Waals surface area (Å²) in [4.78, 5) is 19.8. The minimum atomic E-state index is 0.199. The van der Waals surface area contributed by atoms with Crippen LogP contribution in [0, 0.1) is 0 Å². The zero-order chi connectivity index (χ0) is 13.4. The number of thiophene rings is 1. The van der Waals surface area contributed by atoms with E-state index >= 15 is 0 Å². The molecule has 1 amide bonds. The van der Waals surface area contributed by atoms with Crippen LogP contribution in [-0.4, -0.2) is 26.9 Å². The lowest BCUT2D eigenvalue weighted by molar-refractivity contribution is -0.131. The number of aromatic nitrogens is 2. The Hall–Kier alpha value is -1.14. The molecule has 19 heavy (non-hydrogen) atoms. The van der Waals surface area contributed by atoms with Gasteiger partial charge in [0.2, 0.25) is 5.91 Å². The van der Waals surface area contributed by atoms with Crippen LogP contribution in [0.2, 0.25) is 0 Å². The van der Waals surface area contributed by atoms with Crippen molar-refractivity contribution in [3.8, 4) is 0 Å². The number of imidazole rings is 1. The van der Waals surface area contributed by atoms with E-state index in [1.165, 1.54) is 0 Å². The number of carbonyl (C=O) groups is 1. The van der Waals surface area contributed by atoms with Gasteiger partial charge in [-0.2, -0.15) is 0 Å². The van der Waals surface area contributed by atoms with Gasteiger partial charge in [-0.15, -0.1) is 11.3 Å². The van der Waals surface area contributed by atoms with Gasteiger partial charge in [0.25, 0.3) is 0 Å². The Balaban J connectivity index is 1.74. The Morgan fingerprint density at radius 1 is 1.58 bits per heavy atom. The van der Waals surface area contributed by atoms with Crippen molar-refractivity contribution in [1.82, 2.24) is 14.5 Å². The molecule has 3 heterocycles. The number of fused-ring (bicyclic) bond motifs is 1. The summed E-state index contributed by atoms with van der Waals surface area (Å²) in [6, 6.07) is 4.00. The average Bonchev–Trinajstić information content (AvgIpc) is 2.99. The SMILES string of the molecule is Cn1c(Br)nc2c1CN(C(=O)Cc1cccs1)CC2. The van der Waals surface area contributed by atoms with Crippen molar-refractivity contribution in [3.63, 3.8) is 0 Å². The van der Waals surface area contributed by atoms with Crippen LogP contribution < -0.4 is 0 Å². The van der Waals surface area contributed by atoms with Crippen molar-refractivity contribution < 1.29 is 4.79 Å². The highest BCUT2D eigenvalue weighted by Crippen LogP contribution is 2.23. The molecule has 0 N–H and O–H groups in total. The van der Waals surface area contributed by atoms with Gasteiger partial charge in [0.05, 0.1) is 24.4 Å². The highest BCUT2D eigenvalue weighted by molar-refractivity contribution is 9.10. The van der Waals surface area contributed by atoms with Gasteiger partial charge in [-0.25, -0.2) is 4.98 Å². The predicted octanol–water partition coefficient (Wildman–Crippen LogP) is 2.37. The number of amides is 1. The molecule has 0 bridgehead atoms. The molecule has 1 aliphatic rings. The predicted molar refractivity (Wildman–Crippen MR) is 78.1 cm³/mol. The molecular formula is C13H14BrN3OS. The second-order valence-corrected chi connectivity index (χ2v) is 6.40. The lowest BCUT2D eigenvalue weighted by Gasteiger charge is -2.27. The molecule has 0 spiro atoms. The second kappa shape index (κ2) is 5.09. The number of nitrogens with zero attached hydrogens (tertiary/aromatic N) is 3. The minimum Gasteiger partial charge on any atom is -0.336 e. The summed E-state index contributed by atoms with van der Waals surface area (Å²) in [5, 5.41) is 2.01. The monoisotopic (exact) mass is 339 g/mol. The summed E-state index contributed by atoms with van der Waals surface area (Å²) in [5.74, 6) is 0.199. The molecular weight excluding hydrogens is 326 g/mol. The van der Waals surface area contributed by atoms with Crippen LogP contribution in [0.3, 0.4) is 0 Å². The van der Waals surface area contributed by atoms with E-state index in [-0.39, 0.29) is 5.91 Å². The van der Waals surface area contributed by atoms with Crippen molar-refractivity contribution in [3.05, 3.63) is 38.5 Å². The van der Waals surface area contributed by atoms with E-state index in [4.69, 9.17) is 0 Å². The Bertz CT molecular complexity index is 606. The van der Waals surface area contributed by atoms with Crippen molar-refractivity contribution >= 4 is 33.2 Å². The molecule has 6 heteroatoms. The fourth-order valence-electron chi connectivity index (χ4n) is 2.34. The molecule has 0 aromatic carbocycles. The third-order valence-corrected chi connectivity index (χ3v) is 5.05. The van der Waals surface area contributed by atoms with Gasteiger partial charge in [-0.3, -0.25) is 4.79 Å². The first kappa shape index (κ1) is 12.9. The standard InChI is InChI=1S/C13H14BrN3OS/c1-16-11-8-17(5-4-10(11)15-13(16)14)12(18)7-9-3-2-6-19-9/h2-3,6H,4-5,7-8H2,1H3. The molecule has 1 aliphatic heterocycles. The third-order valence-electron chi connectivity index (χ3n) is 3.46. The first-order valence-electron chi connectivity index (χ1n) is 6.15. The van der Waals surface area contributed by atoms with E-state index in [0.29, 0.717) is 13.0 Å². The summed E-state index contributed by atoms with van der Waals surface area (Å²) in [6.45, 7) is 1.43. The van der Waals surface area contributed by atoms with Crippen LogP contribution in [0.15, 0.2) is 22.2 Å². The molecule has 3 rings (SSSR count). The second-order valence-electron chi connectivity index (χ2n) is 4.65. The van der Waals surface area contributed by atoms with Crippen molar-refractivity contribution in [2.45, 2.75) is 19.4 Å². The average molecular weight is 340 g/mol. The summed E-state index contributed by atoms with van der Waals surface area (Å²) in [6.07, 6.45) is 1.34. The Morgan fingerprint density at radius 2 is 2.42 bits per heavy atom. The fraction of sp³-hybridized carbons (Fsp3) is 0.385. The number of halogens is 1. The number of hydrogen-bond donors (Lipinski definition) is 0. The first-order chi connectivity index (χ1) is 9.15. The van der Waals surface area contributed by atoms with Gasteiger partial charge in [-0.05, 0) is 27.4 Å². The van der Waals surface area contributed by atoms with Crippen molar-refractivity contribution in [2.24, 2.45) is 7.05 Å². The Morgan fingerprint density at radius 3 is 3.16 bits per heavy atom. The minimum absolute atomic E-state index is 0.199. The quantitative estimate of drug-likeness (QED) is 0.842. The van der Waals surface area contributed by atoms with Crippen molar-refractivity contribution in [2.75, 3.05) is 6.54 Å². The zero-order valence-corrected chi connectivity index (χ0v) is 13.0. The van der Waals surface area contributed by atoms with Crippen LogP contribution >= 0.6 is 27.3 Å². The number of carbonyl (C=O) groups excluding carboxylic acids is 1. The van der Waals surface area contributed by atoms with Crippen LogP contribution in [0.4, 0.5) is 0 Å². The van der Waals surface area contributed by atoms with Crippen LogP contribution in [0.5, 0.6) is 0 Å². The van der Waals surface area contributed by atoms with Crippen LogP contribution in [0.1, 0.15) is 16.3 Å². The molecule has 0 unspecified atom stereocenters. The smallest absolute Gasteiger partial charge is 0.228 e. The molecule has 0 radical (unpaired) electrons. The van der Waals surface area contributed by atoms with Gasteiger partial charge < -0.3 is 9.47 Å². The van der Waals surface area contributed by atoms with E-state index < -0.39 is 0 Å². The maximum absolute atomic E-state index is 12.3. The molecule has 0 saturated heterocycles. The van der Waals surface area contributed by atoms with E-state index in [1.54, 1.807) is 11.3 Å². The van der Waals surface area contributed by atoms with E-state index in [1.807, 2.05) is 34.0 Å². The molecule has 4 nitrogen and oxygen atoms in total. The van der Waals surface area contributed by atoms with Crippen LogP contribution in [0.25, 0.3) is 0 Å². The fourth-order valence-corrected chi connectivity index (χ4v) is 3.46. The van der Waals surface area contributed by atoms with Crippen LogP contribution in [-0.2, 0) is 31.2 Å². The maximum Gasteiger partial charge on any atom is 0.228 e. The number of hydrogen-bond acceptors (Lipinski definition) is 3. The van der Waals surface area contributed by atoms with E-state index in [0.717, 1.165) is 34.0 Å². The molecule has 0 saturated carbocycles. The zero-order valence-electron chi connectivity index (χ0n) is 10.6. The van der Waals surface area contributed by atoms with Gasteiger partial charge in [0.1, 0.15) is 0 Å². The molecule has 2 aromatic rings. The highest BCUT2D eigenvalue weighted by Gasteiger charge is 2.25. The van der Waals surface area contributed by atoms with E-state index in [9.17, 15) is 4.79 Å². The van der Waals surface area contributed by atoms with E-state index in [2.05, 4.69) is 20.9 Å². The number of rotatable bonds is 2. The lowest BCUT2D eigenvalue weighted by Crippen LogP contribution is -2.37. The largest absolute Gasteiger partial charge is 0.336 e. The van der Waals surface area contributed by atoms with Gasteiger partial charge >= 0.3 is 0 Å². The molecule has 0 atom stereocenters. The summed E-state index contributed by atoms with van der Waals surface area (Å²) < 4.78 is 2.85. The Labute approximate surface area is 124 Å². The molecule has 2 aromatic heterocycles. The van der Waals surface area contributed by atoms with Crippen molar-refractivity contribution in [1.29, 1.82) is 0 Å². The first-order valence-corrected chi connectivity index (χ1v) is 7.82. The molecule has 0 aliphatic carbocycles. The highest BCUT2D eigenvalue weighted by atomic mass is 79.9. The summed E-state index contributed by atoms with van der Waals surface area (Å²) >= 11 is 5.07. The van der Waals surface area contributed by atoms with Gasteiger partial charge in [-0.1, -0.05) is 6.07 Å². The maximum atomic E-state index is 12.3. The molecule has 0 fully saturated rings. The van der Waals surface area contributed by atoms with Gasteiger partial charge in [0.15, 0.2) is 4.73 Å². The Kier molecular flexibility index (Phi) is 3.45.